The predicted molar refractivity (Wildman–Crippen MR) is 234 cm³/mol. The molecule has 1 aliphatic rings. The lowest BCUT2D eigenvalue weighted by molar-refractivity contribution is -0.870. The summed E-state index contributed by atoms with van der Waals surface area (Å²) in [6.07, 6.45) is 33.4. The van der Waals surface area contributed by atoms with Crippen LogP contribution in [0.1, 0.15) is 168 Å². The lowest BCUT2D eigenvalue weighted by atomic mass is 9.90. The van der Waals surface area contributed by atoms with Crippen molar-refractivity contribution in [1.82, 2.24) is 0 Å². The molecule has 0 spiro atoms. The molecule has 0 aromatic heterocycles. The number of carbonyl (C=O) groups excluding carboxylic acids is 2. The number of rotatable bonds is 38. The average molecular weight is 843 g/mol. The summed E-state index contributed by atoms with van der Waals surface area (Å²) >= 11 is 0. The molecule has 0 saturated heterocycles. The summed E-state index contributed by atoms with van der Waals surface area (Å²) in [7, 11) is 1.47. The highest BCUT2D eigenvalue weighted by atomic mass is 31.2. The fourth-order valence-corrected chi connectivity index (χ4v) is 7.71. The Bertz CT molecular complexity index is 1190. The first-order valence-electron chi connectivity index (χ1n) is 22.9. The molecule has 1 saturated carbocycles. The third-order valence-corrected chi connectivity index (χ3v) is 11.6. The molecule has 0 aliphatic heterocycles. The van der Waals surface area contributed by atoms with Crippen LogP contribution in [0.2, 0.25) is 0 Å². The van der Waals surface area contributed by atoms with Crippen LogP contribution in [-0.2, 0) is 32.7 Å². The summed E-state index contributed by atoms with van der Waals surface area (Å²) in [5.41, 5.74) is 0. The number of phosphoric ester groups is 1. The van der Waals surface area contributed by atoms with Crippen LogP contribution < -0.4 is 0 Å². The Kier molecular flexibility index (Phi) is 31.6. The van der Waals surface area contributed by atoms with Crippen LogP contribution in [0.3, 0.4) is 0 Å². The molecule has 1 aliphatic carbocycles. The van der Waals surface area contributed by atoms with Crippen molar-refractivity contribution in [2.24, 2.45) is 11.8 Å². The summed E-state index contributed by atoms with van der Waals surface area (Å²) in [4.78, 5) is 35.6. The maximum absolute atomic E-state index is 12.8. The number of quaternary nitrogens is 1. The highest BCUT2D eigenvalue weighted by Crippen LogP contribution is 2.43. The number of phosphoric acid groups is 1. The zero-order valence-corrected chi connectivity index (χ0v) is 38.1. The van der Waals surface area contributed by atoms with E-state index < -0.39 is 32.1 Å². The smallest absolute Gasteiger partial charge is 0.472 e. The van der Waals surface area contributed by atoms with Gasteiger partial charge in [0.15, 0.2) is 6.10 Å². The molecule has 0 aromatic carbocycles. The standard InChI is InChI=1S/C46H84NO10P/c1-6-8-10-11-12-13-14-15-16-17-18-19-20-21-24-28-35-54-38-41(39-56-58(52,53)55-36-34-47(3,4)5)57-46(51)31-27-23-22-26-30-42-43(45(50)37-44(42)49)33-32-40(48)29-25-9-7-2/h22,26,28,32-33,35,40-43,45,48,50H,6-21,23-25,27,29-31,34,36-39H2,1-5H3/p+1/b26-22-,33-32+,35-28+/t40-,41+,42+,43+,45+/m0/s1. The Balaban J connectivity index is 2.47. The minimum Gasteiger partial charge on any atom is -0.498 e. The molecule has 1 rings (SSSR count). The normalized spacial score (nSPS) is 19.7. The number of nitrogens with zero attached hydrogens (tertiary/aromatic N) is 1. The molecule has 12 heteroatoms. The van der Waals surface area contributed by atoms with E-state index in [0.29, 0.717) is 36.7 Å². The summed E-state index contributed by atoms with van der Waals surface area (Å²) < 4.78 is 34.7. The number of hydrogen-bond donors (Lipinski definition) is 3. The van der Waals surface area contributed by atoms with Gasteiger partial charge in [-0.2, -0.15) is 0 Å². The zero-order valence-electron chi connectivity index (χ0n) is 37.2. The Morgan fingerprint density at radius 3 is 2.02 bits per heavy atom. The number of esters is 1. The third-order valence-electron chi connectivity index (χ3n) is 10.6. The molecule has 0 heterocycles. The zero-order chi connectivity index (χ0) is 42.9. The van der Waals surface area contributed by atoms with Crippen LogP contribution in [0.4, 0.5) is 0 Å². The quantitative estimate of drug-likeness (QED) is 0.0137. The van der Waals surface area contributed by atoms with Gasteiger partial charge in [-0.05, 0) is 44.6 Å². The fourth-order valence-electron chi connectivity index (χ4n) is 6.97. The fraction of sp³-hybridized carbons (Fsp3) is 0.826. The number of aliphatic hydroxyl groups excluding tert-OH is 2. The SMILES string of the molecule is CCCCCCCCCCCCCCCC/C=C/OC[C@H](COP(=O)(O)OCC[N+](C)(C)C)OC(=O)CCC/C=C\C[C@H]1C(=O)C[C@@H](O)[C@@H]1/C=C/[C@@H](O)CCCCC. The van der Waals surface area contributed by atoms with Gasteiger partial charge in [-0.3, -0.25) is 18.6 Å². The van der Waals surface area contributed by atoms with E-state index in [4.69, 9.17) is 18.5 Å². The first-order chi connectivity index (χ1) is 27.8. The van der Waals surface area contributed by atoms with E-state index >= 15 is 0 Å². The number of unbranched alkanes of at least 4 members (excludes halogenated alkanes) is 17. The Labute approximate surface area is 353 Å². The van der Waals surface area contributed by atoms with Crippen molar-refractivity contribution in [3.63, 3.8) is 0 Å². The third kappa shape index (κ3) is 30.2. The Morgan fingerprint density at radius 2 is 1.40 bits per heavy atom. The molecule has 1 fully saturated rings. The maximum atomic E-state index is 12.8. The summed E-state index contributed by atoms with van der Waals surface area (Å²) in [5, 5.41) is 20.7. The summed E-state index contributed by atoms with van der Waals surface area (Å²) in [6, 6.07) is 0. The molecular weight excluding hydrogens is 757 g/mol. The van der Waals surface area contributed by atoms with E-state index in [1.807, 2.05) is 39.4 Å². The number of hydrogen-bond acceptors (Lipinski definition) is 9. The largest absolute Gasteiger partial charge is 0.498 e. The number of carbonyl (C=O) groups is 2. The first kappa shape index (κ1) is 54.2. The molecule has 6 atom stereocenters. The second kappa shape index (κ2) is 33.8. The van der Waals surface area contributed by atoms with E-state index in [9.17, 15) is 29.3 Å². The van der Waals surface area contributed by atoms with Crippen LogP contribution in [-0.4, -0.2) is 97.2 Å². The van der Waals surface area contributed by atoms with Gasteiger partial charge in [-0.1, -0.05) is 141 Å². The van der Waals surface area contributed by atoms with Gasteiger partial charge in [-0.25, -0.2) is 4.57 Å². The second-order valence-corrected chi connectivity index (χ2v) is 18.7. The molecule has 1 unspecified atom stereocenters. The molecule has 0 aromatic rings. The van der Waals surface area contributed by atoms with E-state index in [1.54, 1.807) is 18.4 Å². The summed E-state index contributed by atoms with van der Waals surface area (Å²) in [6.45, 7) is 4.52. The summed E-state index contributed by atoms with van der Waals surface area (Å²) in [5.74, 6) is -1.14. The topological polar surface area (TPSA) is 149 Å². The minimum atomic E-state index is -4.37. The monoisotopic (exact) mass is 843 g/mol. The molecule has 11 nitrogen and oxygen atoms in total. The molecule has 338 valence electrons. The van der Waals surface area contributed by atoms with Gasteiger partial charge in [0.05, 0.1) is 46.2 Å². The van der Waals surface area contributed by atoms with Crippen molar-refractivity contribution in [3.8, 4) is 0 Å². The lowest BCUT2D eigenvalue weighted by Gasteiger charge is -2.24. The number of ketones is 1. The number of aliphatic hydroxyl groups is 2. The van der Waals surface area contributed by atoms with Gasteiger partial charge < -0.3 is 29.1 Å². The predicted octanol–water partition coefficient (Wildman–Crippen LogP) is 10.3. The second-order valence-electron chi connectivity index (χ2n) is 17.3. The van der Waals surface area contributed by atoms with Gasteiger partial charge in [0.1, 0.15) is 25.5 Å². The molecule has 58 heavy (non-hydrogen) atoms. The average Bonchev–Trinajstić information content (AvgIpc) is 3.43. The maximum Gasteiger partial charge on any atom is 0.472 e. The van der Waals surface area contributed by atoms with Gasteiger partial charge >= 0.3 is 13.8 Å². The molecule has 0 amide bonds. The molecule has 0 bridgehead atoms. The van der Waals surface area contributed by atoms with Gasteiger partial charge in [-0.15, -0.1) is 0 Å². The van der Waals surface area contributed by atoms with Crippen molar-refractivity contribution in [3.05, 3.63) is 36.6 Å². The molecular formula is C46H85NO10P+. The van der Waals surface area contributed by atoms with E-state index in [2.05, 4.69) is 13.8 Å². The van der Waals surface area contributed by atoms with Gasteiger partial charge in [0, 0.05) is 24.7 Å². The van der Waals surface area contributed by atoms with Crippen LogP contribution in [0.25, 0.3) is 0 Å². The molecule has 0 radical (unpaired) electrons. The lowest BCUT2D eigenvalue weighted by Crippen LogP contribution is -2.37. The van der Waals surface area contributed by atoms with Crippen molar-refractivity contribution in [2.75, 3.05) is 47.5 Å². The Hall–Kier alpha value is -1.85. The van der Waals surface area contributed by atoms with Crippen molar-refractivity contribution < 1.29 is 52.3 Å². The van der Waals surface area contributed by atoms with Gasteiger partial charge in [0.2, 0.25) is 0 Å². The van der Waals surface area contributed by atoms with Crippen molar-refractivity contribution in [2.45, 2.75) is 186 Å². The van der Waals surface area contributed by atoms with E-state index in [-0.39, 0.29) is 50.3 Å². The van der Waals surface area contributed by atoms with E-state index in [1.165, 1.54) is 83.5 Å². The number of allylic oxidation sites excluding steroid dienone is 3. The van der Waals surface area contributed by atoms with Gasteiger partial charge in [0.25, 0.3) is 0 Å². The number of likely N-dealkylation sites (N-methyl/N-ethyl adjacent to an activating group) is 1. The van der Waals surface area contributed by atoms with Crippen molar-refractivity contribution >= 4 is 19.6 Å². The minimum absolute atomic E-state index is 0.0159. The van der Waals surface area contributed by atoms with Crippen molar-refractivity contribution in [1.29, 1.82) is 0 Å². The van der Waals surface area contributed by atoms with Crippen LogP contribution in [0.5, 0.6) is 0 Å². The Morgan fingerprint density at radius 1 is 0.810 bits per heavy atom. The van der Waals surface area contributed by atoms with Crippen LogP contribution in [0, 0.1) is 11.8 Å². The number of Topliss-reactive ketones (excluding diaryl/α,β-unsaturated/α-hetero) is 1. The van der Waals surface area contributed by atoms with E-state index in [0.717, 1.165) is 32.1 Å². The highest BCUT2D eigenvalue weighted by molar-refractivity contribution is 7.47. The molecule has 3 N–H and O–H groups in total. The highest BCUT2D eigenvalue weighted by Gasteiger charge is 2.39. The first-order valence-corrected chi connectivity index (χ1v) is 24.4. The van der Waals surface area contributed by atoms with Crippen LogP contribution in [0.15, 0.2) is 36.6 Å². The number of ether oxygens (including phenoxy) is 2. The van der Waals surface area contributed by atoms with Crippen LogP contribution >= 0.6 is 7.82 Å².